The smallest absolute Gasteiger partial charge is 0.0501 e. The highest BCUT2D eigenvalue weighted by Crippen LogP contribution is 2.32. The molecule has 0 amide bonds. The summed E-state index contributed by atoms with van der Waals surface area (Å²) < 4.78 is 0. The van der Waals surface area contributed by atoms with Crippen LogP contribution in [0.1, 0.15) is 49.8 Å². The van der Waals surface area contributed by atoms with Crippen LogP contribution in [0, 0.1) is 12.8 Å². The van der Waals surface area contributed by atoms with E-state index in [-0.39, 0.29) is 6.04 Å². The molecule has 1 heterocycles. The fraction of sp³-hybridized carbons (Fsp3) is 0.667. The van der Waals surface area contributed by atoms with Gasteiger partial charge in [0, 0.05) is 19.2 Å². The largest absolute Gasteiger partial charge is 0.396 e. The molecule has 0 aliphatic carbocycles. The van der Waals surface area contributed by atoms with Crippen LogP contribution < -0.4 is 5.73 Å². The first-order valence-corrected chi connectivity index (χ1v) is 8.33. The quantitative estimate of drug-likeness (QED) is 0.847. The van der Waals surface area contributed by atoms with E-state index in [0.717, 1.165) is 25.9 Å². The molecule has 1 aromatic carbocycles. The lowest BCUT2D eigenvalue weighted by molar-refractivity contribution is 0.0927. The Balaban J connectivity index is 2.22. The minimum absolute atomic E-state index is 0.166. The van der Waals surface area contributed by atoms with Crippen LogP contribution in [0.4, 0.5) is 0 Å². The molecule has 2 rings (SSSR count). The molecule has 1 aromatic rings. The summed E-state index contributed by atoms with van der Waals surface area (Å²) >= 11 is 0. The van der Waals surface area contributed by atoms with Gasteiger partial charge in [-0.2, -0.15) is 0 Å². The van der Waals surface area contributed by atoms with Crippen LogP contribution in [0.15, 0.2) is 24.3 Å². The van der Waals surface area contributed by atoms with Gasteiger partial charge in [0.1, 0.15) is 0 Å². The van der Waals surface area contributed by atoms with Crippen molar-refractivity contribution in [3.05, 3.63) is 35.4 Å². The minimum Gasteiger partial charge on any atom is -0.396 e. The second-order valence-electron chi connectivity index (χ2n) is 6.39. The fourth-order valence-corrected chi connectivity index (χ4v) is 3.61. The average Bonchev–Trinajstić information content (AvgIpc) is 2.50. The maximum atomic E-state index is 9.22. The van der Waals surface area contributed by atoms with Gasteiger partial charge in [-0.1, -0.05) is 31.2 Å². The topological polar surface area (TPSA) is 49.5 Å². The van der Waals surface area contributed by atoms with Crippen molar-refractivity contribution in [3.8, 4) is 0 Å². The number of aliphatic hydroxyl groups excluding tert-OH is 1. The Morgan fingerprint density at radius 2 is 2.14 bits per heavy atom. The first-order valence-electron chi connectivity index (χ1n) is 8.33. The lowest BCUT2D eigenvalue weighted by Gasteiger charge is -2.41. The molecule has 3 nitrogen and oxygen atoms in total. The van der Waals surface area contributed by atoms with Crippen LogP contribution in [-0.4, -0.2) is 35.7 Å². The van der Waals surface area contributed by atoms with Crippen molar-refractivity contribution in [1.29, 1.82) is 0 Å². The Morgan fingerprint density at radius 3 is 2.81 bits per heavy atom. The van der Waals surface area contributed by atoms with Gasteiger partial charge in [-0.3, -0.25) is 4.90 Å². The molecule has 118 valence electrons. The van der Waals surface area contributed by atoms with Gasteiger partial charge in [0.2, 0.25) is 0 Å². The van der Waals surface area contributed by atoms with Crippen LogP contribution in [0.5, 0.6) is 0 Å². The predicted octanol–water partition coefficient (Wildman–Crippen LogP) is 2.87. The number of likely N-dealkylation sites (tertiary alicyclic amines) is 1. The molecule has 3 atom stereocenters. The molecule has 3 N–H and O–H groups in total. The molecule has 1 aliphatic rings. The summed E-state index contributed by atoms with van der Waals surface area (Å²) in [6.45, 7) is 6.83. The highest BCUT2D eigenvalue weighted by molar-refractivity contribution is 5.30. The monoisotopic (exact) mass is 290 g/mol. The first-order chi connectivity index (χ1) is 10.2. The molecule has 1 aliphatic heterocycles. The van der Waals surface area contributed by atoms with Crippen molar-refractivity contribution in [2.45, 2.75) is 51.6 Å². The van der Waals surface area contributed by atoms with Crippen molar-refractivity contribution in [2.75, 3.05) is 19.7 Å². The highest BCUT2D eigenvalue weighted by atomic mass is 16.3. The Morgan fingerprint density at radius 1 is 1.38 bits per heavy atom. The van der Waals surface area contributed by atoms with Crippen LogP contribution in [-0.2, 0) is 0 Å². The third-order valence-electron chi connectivity index (χ3n) is 4.87. The summed E-state index contributed by atoms with van der Waals surface area (Å²) in [7, 11) is 0. The molecule has 3 heteroatoms. The number of hydrogen-bond donors (Lipinski definition) is 2. The summed E-state index contributed by atoms with van der Waals surface area (Å²) in [6.07, 6.45) is 4.35. The minimum atomic E-state index is 0.166. The molecule has 0 aromatic heterocycles. The fourth-order valence-electron chi connectivity index (χ4n) is 3.61. The lowest BCUT2D eigenvalue weighted by atomic mass is 9.88. The molecule has 1 saturated heterocycles. The number of nitrogens with two attached hydrogens (primary N) is 1. The number of rotatable bonds is 6. The number of nitrogens with zero attached hydrogens (tertiary/aromatic N) is 1. The Kier molecular flexibility index (Phi) is 6.22. The highest BCUT2D eigenvalue weighted by Gasteiger charge is 2.30. The molecule has 0 spiro atoms. The van der Waals surface area contributed by atoms with E-state index in [4.69, 9.17) is 5.73 Å². The summed E-state index contributed by atoms with van der Waals surface area (Å²) in [5.74, 6) is 0.610. The number of aryl methyl sites for hydroxylation is 1. The van der Waals surface area contributed by atoms with Gasteiger partial charge in [0.05, 0.1) is 6.04 Å². The SMILES string of the molecule is CCC(N)C(c1ccccc1C)N1CCCC(CCO)C1. The van der Waals surface area contributed by atoms with Crippen molar-refractivity contribution in [3.63, 3.8) is 0 Å². The number of aliphatic hydroxyl groups is 1. The van der Waals surface area contributed by atoms with Crippen LogP contribution >= 0.6 is 0 Å². The second-order valence-corrected chi connectivity index (χ2v) is 6.39. The van der Waals surface area contributed by atoms with Crippen molar-refractivity contribution in [1.82, 2.24) is 4.90 Å². The van der Waals surface area contributed by atoms with Gasteiger partial charge in [-0.05, 0) is 56.2 Å². The van der Waals surface area contributed by atoms with Gasteiger partial charge in [-0.25, -0.2) is 0 Å². The number of piperidine rings is 1. The predicted molar refractivity (Wildman–Crippen MR) is 88.2 cm³/mol. The van der Waals surface area contributed by atoms with Gasteiger partial charge >= 0.3 is 0 Å². The van der Waals surface area contributed by atoms with Gasteiger partial charge in [0.25, 0.3) is 0 Å². The average molecular weight is 290 g/mol. The van der Waals surface area contributed by atoms with E-state index in [2.05, 4.69) is 43.0 Å². The second kappa shape index (κ2) is 7.92. The molecule has 0 bridgehead atoms. The molecular formula is C18H30N2O. The van der Waals surface area contributed by atoms with E-state index in [0.29, 0.717) is 18.6 Å². The van der Waals surface area contributed by atoms with Gasteiger partial charge < -0.3 is 10.8 Å². The maximum absolute atomic E-state index is 9.22. The van der Waals surface area contributed by atoms with E-state index >= 15 is 0 Å². The Hall–Kier alpha value is -0.900. The lowest BCUT2D eigenvalue weighted by Crippen LogP contribution is -2.46. The van der Waals surface area contributed by atoms with Gasteiger partial charge in [-0.15, -0.1) is 0 Å². The third-order valence-corrected chi connectivity index (χ3v) is 4.87. The summed E-state index contributed by atoms with van der Waals surface area (Å²) in [4.78, 5) is 2.56. The van der Waals surface area contributed by atoms with Crippen LogP contribution in [0.25, 0.3) is 0 Å². The zero-order valence-electron chi connectivity index (χ0n) is 13.5. The van der Waals surface area contributed by atoms with Crippen molar-refractivity contribution >= 4 is 0 Å². The normalized spacial score (nSPS) is 23.0. The van der Waals surface area contributed by atoms with E-state index in [1.807, 2.05) is 0 Å². The molecule has 3 unspecified atom stereocenters. The van der Waals surface area contributed by atoms with E-state index in [1.54, 1.807) is 0 Å². The van der Waals surface area contributed by atoms with Crippen LogP contribution in [0.3, 0.4) is 0 Å². The van der Waals surface area contributed by atoms with E-state index in [1.165, 1.54) is 24.0 Å². The van der Waals surface area contributed by atoms with Crippen LogP contribution in [0.2, 0.25) is 0 Å². The Labute approximate surface area is 129 Å². The standard InChI is InChI=1S/C18H30N2O/c1-3-17(19)18(16-9-5-4-7-14(16)2)20-11-6-8-15(13-20)10-12-21/h4-5,7,9,15,17-18,21H,3,6,8,10-13,19H2,1-2H3. The van der Waals surface area contributed by atoms with Crippen molar-refractivity contribution < 1.29 is 5.11 Å². The van der Waals surface area contributed by atoms with Gasteiger partial charge in [0.15, 0.2) is 0 Å². The summed E-state index contributed by atoms with van der Waals surface area (Å²) in [5, 5.41) is 9.22. The summed E-state index contributed by atoms with van der Waals surface area (Å²) in [5.41, 5.74) is 9.18. The first kappa shape index (κ1) is 16.5. The molecule has 21 heavy (non-hydrogen) atoms. The van der Waals surface area contributed by atoms with E-state index < -0.39 is 0 Å². The maximum Gasteiger partial charge on any atom is 0.0501 e. The van der Waals surface area contributed by atoms with Crippen molar-refractivity contribution in [2.24, 2.45) is 11.7 Å². The molecular weight excluding hydrogens is 260 g/mol. The zero-order chi connectivity index (χ0) is 15.2. The summed E-state index contributed by atoms with van der Waals surface area (Å²) in [6, 6.07) is 9.09. The molecule has 1 fully saturated rings. The Bertz CT molecular complexity index is 433. The number of benzene rings is 1. The molecule has 0 saturated carbocycles. The zero-order valence-corrected chi connectivity index (χ0v) is 13.5. The number of hydrogen-bond acceptors (Lipinski definition) is 3. The molecule has 0 radical (unpaired) electrons. The van der Waals surface area contributed by atoms with E-state index in [9.17, 15) is 5.11 Å². The third kappa shape index (κ3) is 4.06.